The van der Waals surface area contributed by atoms with Crippen LogP contribution in [0.4, 0.5) is 0 Å². The smallest absolute Gasteiger partial charge is 0.305 e. The van der Waals surface area contributed by atoms with Gasteiger partial charge in [0, 0.05) is 35.3 Å². The van der Waals surface area contributed by atoms with E-state index in [4.69, 9.17) is 5.11 Å². The van der Waals surface area contributed by atoms with Crippen LogP contribution in [0.25, 0.3) is 0 Å². The number of aliphatic carboxylic acids is 1. The van der Waals surface area contributed by atoms with Gasteiger partial charge in [-0.3, -0.25) is 9.59 Å². The van der Waals surface area contributed by atoms with Gasteiger partial charge in [-0.1, -0.05) is 6.92 Å². The Labute approximate surface area is 136 Å². The molecule has 1 aliphatic rings. The first-order chi connectivity index (χ1) is 10.0. The lowest BCUT2D eigenvalue weighted by Gasteiger charge is -2.34. The molecule has 1 amide bonds. The Balaban J connectivity index is 2.22. The number of rotatable bonds is 5. The highest BCUT2D eigenvalue weighted by atomic mass is 79.9. The van der Waals surface area contributed by atoms with Crippen molar-refractivity contribution in [2.75, 3.05) is 18.1 Å². The van der Waals surface area contributed by atoms with Crippen molar-refractivity contribution in [3.8, 4) is 0 Å². The van der Waals surface area contributed by atoms with Crippen molar-refractivity contribution in [1.82, 2.24) is 9.47 Å². The molecule has 0 aromatic carbocycles. The average Bonchev–Trinajstić information content (AvgIpc) is 2.79. The highest BCUT2D eigenvalue weighted by Gasteiger charge is 2.30. The van der Waals surface area contributed by atoms with Gasteiger partial charge in [-0.15, -0.1) is 0 Å². The number of carboxylic acids is 1. The zero-order chi connectivity index (χ0) is 15.4. The van der Waals surface area contributed by atoms with Crippen LogP contribution in [-0.4, -0.2) is 50.5 Å². The predicted molar refractivity (Wildman–Crippen MR) is 86.8 cm³/mol. The van der Waals surface area contributed by atoms with Crippen LogP contribution in [0.5, 0.6) is 0 Å². The van der Waals surface area contributed by atoms with E-state index in [-0.39, 0.29) is 18.4 Å². The largest absolute Gasteiger partial charge is 0.481 e. The van der Waals surface area contributed by atoms with Crippen LogP contribution in [0.15, 0.2) is 16.7 Å². The molecule has 1 fully saturated rings. The SMILES string of the molecule is CCCn1cc(Br)cc1C(=O)N1CCSCC1CC(=O)O. The van der Waals surface area contributed by atoms with Crippen LogP contribution in [-0.2, 0) is 11.3 Å². The fourth-order valence-electron chi connectivity index (χ4n) is 2.52. The number of carboxylic acid groups (broad SMARTS) is 1. The van der Waals surface area contributed by atoms with E-state index < -0.39 is 5.97 Å². The molecule has 2 heterocycles. The highest BCUT2D eigenvalue weighted by Crippen LogP contribution is 2.23. The van der Waals surface area contributed by atoms with E-state index in [2.05, 4.69) is 22.9 Å². The van der Waals surface area contributed by atoms with Crippen molar-refractivity contribution in [3.63, 3.8) is 0 Å². The standard InChI is InChI=1S/C14H19BrN2O3S/c1-2-3-16-8-10(15)6-12(16)14(20)17-4-5-21-9-11(17)7-13(18)19/h6,8,11H,2-5,7,9H2,1H3,(H,18,19). The van der Waals surface area contributed by atoms with E-state index in [1.807, 2.05) is 16.8 Å². The molecular formula is C14H19BrN2O3S. The lowest BCUT2D eigenvalue weighted by molar-refractivity contribution is -0.138. The molecule has 1 aliphatic heterocycles. The number of hydrogen-bond donors (Lipinski definition) is 1. The molecule has 1 saturated heterocycles. The summed E-state index contributed by atoms with van der Waals surface area (Å²) in [5, 5.41) is 9.02. The molecule has 116 valence electrons. The van der Waals surface area contributed by atoms with Crippen LogP contribution < -0.4 is 0 Å². The number of aromatic nitrogens is 1. The van der Waals surface area contributed by atoms with E-state index in [1.54, 1.807) is 16.7 Å². The van der Waals surface area contributed by atoms with Gasteiger partial charge >= 0.3 is 5.97 Å². The summed E-state index contributed by atoms with van der Waals surface area (Å²) in [4.78, 5) is 25.5. The average molecular weight is 375 g/mol. The van der Waals surface area contributed by atoms with Crippen molar-refractivity contribution in [2.45, 2.75) is 32.4 Å². The first kappa shape index (κ1) is 16.4. The van der Waals surface area contributed by atoms with Crippen molar-refractivity contribution in [2.24, 2.45) is 0 Å². The molecule has 0 spiro atoms. The Morgan fingerprint density at radius 3 is 2.95 bits per heavy atom. The zero-order valence-electron chi connectivity index (χ0n) is 11.9. The Hall–Kier alpha value is -0.950. The summed E-state index contributed by atoms with van der Waals surface area (Å²) in [6, 6.07) is 1.59. The molecule has 1 aromatic heterocycles. The van der Waals surface area contributed by atoms with Crippen LogP contribution >= 0.6 is 27.7 Å². The first-order valence-corrected chi connectivity index (χ1v) is 8.94. The number of halogens is 1. The molecule has 1 aromatic rings. The fraction of sp³-hybridized carbons (Fsp3) is 0.571. The Morgan fingerprint density at radius 2 is 2.29 bits per heavy atom. The van der Waals surface area contributed by atoms with Crippen molar-refractivity contribution in [3.05, 3.63) is 22.4 Å². The van der Waals surface area contributed by atoms with Gasteiger partial charge in [0.1, 0.15) is 5.69 Å². The van der Waals surface area contributed by atoms with Crippen molar-refractivity contribution in [1.29, 1.82) is 0 Å². The highest BCUT2D eigenvalue weighted by molar-refractivity contribution is 9.10. The summed E-state index contributed by atoms with van der Waals surface area (Å²) >= 11 is 5.12. The second kappa shape index (κ2) is 7.35. The van der Waals surface area contributed by atoms with Gasteiger partial charge in [-0.2, -0.15) is 11.8 Å². The zero-order valence-corrected chi connectivity index (χ0v) is 14.3. The molecule has 0 radical (unpaired) electrons. The van der Waals surface area contributed by atoms with Crippen LogP contribution in [0.1, 0.15) is 30.3 Å². The van der Waals surface area contributed by atoms with Gasteiger partial charge in [-0.25, -0.2) is 0 Å². The summed E-state index contributed by atoms with van der Waals surface area (Å²) in [5.74, 6) is 0.622. The third-order valence-corrected chi connectivity index (χ3v) is 4.97. The lowest BCUT2D eigenvalue weighted by atomic mass is 10.2. The van der Waals surface area contributed by atoms with Gasteiger partial charge in [0.05, 0.1) is 12.5 Å². The van der Waals surface area contributed by atoms with Crippen molar-refractivity contribution >= 4 is 39.6 Å². The van der Waals surface area contributed by atoms with Crippen LogP contribution in [0, 0.1) is 0 Å². The van der Waals surface area contributed by atoms with Crippen molar-refractivity contribution < 1.29 is 14.7 Å². The fourth-order valence-corrected chi connectivity index (χ4v) is 4.05. The minimum Gasteiger partial charge on any atom is -0.481 e. The van der Waals surface area contributed by atoms with E-state index in [9.17, 15) is 9.59 Å². The predicted octanol–water partition coefficient (Wildman–Crippen LogP) is 2.69. The minimum atomic E-state index is -0.856. The van der Waals surface area contributed by atoms with E-state index in [1.165, 1.54) is 0 Å². The second-order valence-electron chi connectivity index (χ2n) is 5.06. The molecule has 1 unspecified atom stereocenters. The molecule has 2 rings (SSSR count). The number of nitrogens with zero attached hydrogens (tertiary/aromatic N) is 2. The maximum atomic E-state index is 12.8. The third-order valence-electron chi connectivity index (χ3n) is 3.45. The summed E-state index contributed by atoms with van der Waals surface area (Å²) in [6.45, 7) is 3.45. The van der Waals surface area contributed by atoms with Gasteiger partial charge in [0.15, 0.2) is 0 Å². The van der Waals surface area contributed by atoms with Crippen LogP contribution in [0.2, 0.25) is 0 Å². The molecule has 1 N–H and O–H groups in total. The molecule has 0 saturated carbocycles. The van der Waals surface area contributed by atoms with Crippen LogP contribution in [0.3, 0.4) is 0 Å². The summed E-state index contributed by atoms with van der Waals surface area (Å²) in [5.41, 5.74) is 0.631. The number of thioether (sulfide) groups is 1. The van der Waals surface area contributed by atoms with E-state index in [0.29, 0.717) is 18.0 Å². The Morgan fingerprint density at radius 1 is 1.52 bits per heavy atom. The second-order valence-corrected chi connectivity index (χ2v) is 7.13. The Bertz CT molecular complexity index is 532. The molecule has 0 aliphatic carbocycles. The number of hydrogen-bond acceptors (Lipinski definition) is 3. The first-order valence-electron chi connectivity index (χ1n) is 6.99. The number of carbonyl (C=O) groups is 2. The monoisotopic (exact) mass is 374 g/mol. The number of carbonyl (C=O) groups excluding carboxylic acids is 1. The summed E-state index contributed by atoms with van der Waals surface area (Å²) in [6.07, 6.45) is 2.85. The number of amides is 1. The molecule has 7 heteroatoms. The minimum absolute atomic E-state index is 0.00833. The van der Waals surface area contributed by atoms with Gasteiger partial charge in [-0.05, 0) is 28.4 Å². The Kier molecular flexibility index (Phi) is 5.75. The van der Waals surface area contributed by atoms with Gasteiger partial charge in [0.2, 0.25) is 0 Å². The third kappa shape index (κ3) is 4.03. The normalized spacial score (nSPS) is 18.8. The molecule has 21 heavy (non-hydrogen) atoms. The molecular weight excluding hydrogens is 356 g/mol. The van der Waals surface area contributed by atoms with Gasteiger partial charge < -0.3 is 14.6 Å². The van der Waals surface area contributed by atoms with E-state index >= 15 is 0 Å². The molecule has 1 atom stereocenters. The topological polar surface area (TPSA) is 62.5 Å². The molecule has 5 nitrogen and oxygen atoms in total. The quantitative estimate of drug-likeness (QED) is 0.860. The lowest BCUT2D eigenvalue weighted by Crippen LogP contribution is -2.47. The maximum absolute atomic E-state index is 12.8. The van der Waals surface area contributed by atoms with E-state index in [0.717, 1.165) is 23.2 Å². The molecule has 0 bridgehead atoms. The van der Waals surface area contributed by atoms with Gasteiger partial charge in [0.25, 0.3) is 5.91 Å². The number of aryl methyl sites for hydroxylation is 1. The maximum Gasteiger partial charge on any atom is 0.305 e. The summed E-state index contributed by atoms with van der Waals surface area (Å²) in [7, 11) is 0. The summed E-state index contributed by atoms with van der Waals surface area (Å²) < 4.78 is 2.81.